The topological polar surface area (TPSA) is 56.5 Å². The van der Waals surface area contributed by atoms with E-state index >= 15 is 0 Å². The van der Waals surface area contributed by atoms with Crippen LogP contribution in [0.25, 0.3) is 0 Å². The van der Waals surface area contributed by atoms with E-state index in [4.69, 9.17) is 9.47 Å². The van der Waals surface area contributed by atoms with Crippen molar-refractivity contribution in [2.45, 2.75) is 26.2 Å². The zero-order valence-electron chi connectivity index (χ0n) is 9.38. The zero-order valence-corrected chi connectivity index (χ0v) is 9.38. The van der Waals surface area contributed by atoms with Crippen LogP contribution in [0.4, 0.5) is 0 Å². The van der Waals surface area contributed by atoms with Gasteiger partial charge in [0, 0.05) is 19.9 Å². The van der Waals surface area contributed by atoms with E-state index in [9.17, 15) is 5.11 Å². The summed E-state index contributed by atoms with van der Waals surface area (Å²) in [5.74, 6) is 0. The lowest BCUT2D eigenvalue weighted by atomic mass is 10.3. The normalized spacial score (nSPS) is 15.2. The summed E-state index contributed by atoms with van der Waals surface area (Å²) in [6.07, 6.45) is 2.50. The van der Waals surface area contributed by atoms with E-state index in [1.54, 1.807) is 19.6 Å². The Kier molecular flexibility index (Phi) is 4.74. The summed E-state index contributed by atoms with van der Waals surface area (Å²) in [6.45, 7) is 4.91. The molecule has 1 unspecified atom stereocenters. The first-order valence-corrected chi connectivity index (χ1v) is 5.01. The van der Waals surface area contributed by atoms with E-state index in [1.165, 1.54) is 0 Å². The van der Waals surface area contributed by atoms with E-state index in [2.05, 4.69) is 4.98 Å². The Balaban J connectivity index is 2.62. The van der Waals surface area contributed by atoms with Gasteiger partial charge in [-0.25, -0.2) is 4.98 Å². The van der Waals surface area contributed by atoms with Gasteiger partial charge in [0.15, 0.2) is 6.29 Å². The predicted molar refractivity (Wildman–Crippen MR) is 55.4 cm³/mol. The highest BCUT2D eigenvalue weighted by atomic mass is 16.6. The fourth-order valence-electron chi connectivity index (χ4n) is 1.29. The average Bonchev–Trinajstić information content (AvgIpc) is 2.67. The van der Waals surface area contributed by atoms with Crippen LogP contribution < -0.4 is 0 Å². The molecule has 5 nitrogen and oxygen atoms in total. The number of hydrogen-bond acceptors (Lipinski definition) is 4. The molecule has 0 saturated heterocycles. The minimum atomic E-state index is -0.939. The maximum Gasteiger partial charge on any atom is 0.200 e. The molecular weight excluding hydrogens is 196 g/mol. The number of imidazole rings is 1. The van der Waals surface area contributed by atoms with Gasteiger partial charge in [-0.2, -0.15) is 0 Å². The van der Waals surface area contributed by atoms with Crippen LogP contribution in [0, 0.1) is 0 Å². The van der Waals surface area contributed by atoms with Crippen LogP contribution in [0.3, 0.4) is 0 Å². The van der Waals surface area contributed by atoms with Crippen LogP contribution in [0.5, 0.6) is 0 Å². The molecule has 2 atom stereocenters. The molecule has 0 aromatic carbocycles. The third-order valence-corrected chi connectivity index (χ3v) is 2.12. The van der Waals surface area contributed by atoms with Crippen molar-refractivity contribution in [3.63, 3.8) is 0 Å². The van der Waals surface area contributed by atoms with Crippen LogP contribution in [-0.4, -0.2) is 35.0 Å². The largest absolute Gasteiger partial charge is 0.383 e. The molecule has 1 heterocycles. The van der Waals surface area contributed by atoms with Gasteiger partial charge in [0.1, 0.15) is 5.69 Å². The molecule has 5 heteroatoms. The fraction of sp³-hybridized carbons (Fsp3) is 0.700. The smallest absolute Gasteiger partial charge is 0.200 e. The first kappa shape index (κ1) is 12.2. The van der Waals surface area contributed by atoms with Gasteiger partial charge in [-0.1, -0.05) is 0 Å². The van der Waals surface area contributed by atoms with Crippen LogP contribution in [-0.2, 0) is 9.47 Å². The van der Waals surface area contributed by atoms with E-state index in [0.29, 0.717) is 18.9 Å². The Morgan fingerprint density at radius 1 is 1.60 bits per heavy atom. The number of methoxy groups -OCH3 is 1. The number of hydrogen-bond donors (Lipinski definition) is 1. The Morgan fingerprint density at radius 2 is 2.33 bits per heavy atom. The average molecular weight is 214 g/mol. The van der Waals surface area contributed by atoms with Crippen molar-refractivity contribution < 1.29 is 14.6 Å². The lowest BCUT2D eigenvalue weighted by molar-refractivity contribution is -0.100. The first-order chi connectivity index (χ1) is 7.19. The van der Waals surface area contributed by atoms with Crippen molar-refractivity contribution in [2.24, 2.45) is 0 Å². The number of nitrogens with zero attached hydrogens (tertiary/aromatic N) is 2. The molecule has 0 fully saturated rings. The minimum Gasteiger partial charge on any atom is -0.383 e. The minimum absolute atomic E-state index is 0.199. The van der Waals surface area contributed by atoms with Crippen molar-refractivity contribution in [1.29, 1.82) is 0 Å². The van der Waals surface area contributed by atoms with Crippen molar-refractivity contribution in [3.05, 3.63) is 18.2 Å². The fourth-order valence-corrected chi connectivity index (χ4v) is 1.29. The van der Waals surface area contributed by atoms with Gasteiger partial charge in [0.25, 0.3) is 0 Å². The van der Waals surface area contributed by atoms with Gasteiger partial charge in [0.05, 0.1) is 19.0 Å². The lowest BCUT2D eigenvalue weighted by Crippen LogP contribution is -2.09. The summed E-state index contributed by atoms with van der Waals surface area (Å²) < 4.78 is 12.0. The summed E-state index contributed by atoms with van der Waals surface area (Å²) in [7, 11) is 1.66. The molecule has 86 valence electrons. The number of aromatic nitrogens is 2. The molecule has 0 spiro atoms. The van der Waals surface area contributed by atoms with Gasteiger partial charge in [0.2, 0.25) is 0 Å². The second-order valence-corrected chi connectivity index (χ2v) is 3.36. The Hall–Kier alpha value is -0.910. The Morgan fingerprint density at radius 3 is 2.93 bits per heavy atom. The maximum atomic E-state index is 9.52. The van der Waals surface area contributed by atoms with Crippen LogP contribution >= 0.6 is 0 Å². The number of aliphatic hydroxyl groups is 1. The quantitative estimate of drug-likeness (QED) is 0.721. The van der Waals surface area contributed by atoms with Gasteiger partial charge < -0.3 is 19.1 Å². The summed E-state index contributed by atoms with van der Waals surface area (Å²) in [4.78, 5) is 4.07. The van der Waals surface area contributed by atoms with Crippen molar-refractivity contribution >= 4 is 0 Å². The molecule has 1 N–H and O–H groups in total. The number of ether oxygens (including phenoxy) is 2. The van der Waals surface area contributed by atoms with Crippen LogP contribution in [0.1, 0.15) is 31.9 Å². The monoisotopic (exact) mass is 214 g/mol. The molecule has 0 aliphatic rings. The molecule has 1 aromatic rings. The van der Waals surface area contributed by atoms with Crippen molar-refractivity contribution in [2.75, 3.05) is 20.3 Å². The summed E-state index contributed by atoms with van der Waals surface area (Å²) in [6, 6.07) is 0.199. The Labute approximate surface area is 89.6 Å². The molecule has 1 aromatic heterocycles. The molecule has 0 radical (unpaired) electrons. The predicted octanol–water partition coefficient (Wildman–Crippen LogP) is 1.12. The third-order valence-electron chi connectivity index (χ3n) is 2.12. The second-order valence-electron chi connectivity index (χ2n) is 3.36. The molecule has 0 aliphatic heterocycles. The summed E-state index contributed by atoms with van der Waals surface area (Å²) in [5.41, 5.74) is 0.528. The zero-order chi connectivity index (χ0) is 11.3. The van der Waals surface area contributed by atoms with E-state index in [-0.39, 0.29) is 6.04 Å². The number of rotatable bonds is 6. The van der Waals surface area contributed by atoms with Gasteiger partial charge >= 0.3 is 0 Å². The van der Waals surface area contributed by atoms with E-state index < -0.39 is 6.29 Å². The lowest BCUT2D eigenvalue weighted by Gasteiger charge is -2.11. The third kappa shape index (κ3) is 3.30. The molecule has 1 rings (SSSR count). The molecule has 0 amide bonds. The number of aliphatic hydroxyl groups excluding tert-OH is 1. The van der Waals surface area contributed by atoms with Gasteiger partial charge in [-0.15, -0.1) is 0 Å². The van der Waals surface area contributed by atoms with Crippen LogP contribution in [0.15, 0.2) is 12.5 Å². The summed E-state index contributed by atoms with van der Waals surface area (Å²) >= 11 is 0. The first-order valence-electron chi connectivity index (χ1n) is 5.01. The highest BCUT2D eigenvalue weighted by Crippen LogP contribution is 2.14. The van der Waals surface area contributed by atoms with Crippen molar-refractivity contribution in [1.82, 2.24) is 9.55 Å². The molecule has 0 bridgehead atoms. The van der Waals surface area contributed by atoms with E-state index in [0.717, 1.165) is 0 Å². The molecule has 15 heavy (non-hydrogen) atoms. The summed E-state index contributed by atoms with van der Waals surface area (Å²) in [5, 5.41) is 9.52. The highest BCUT2D eigenvalue weighted by molar-refractivity contribution is 4.99. The van der Waals surface area contributed by atoms with Gasteiger partial charge in [-0.3, -0.25) is 0 Å². The van der Waals surface area contributed by atoms with E-state index in [1.807, 2.05) is 18.4 Å². The maximum absolute atomic E-state index is 9.52. The van der Waals surface area contributed by atoms with Crippen molar-refractivity contribution in [3.8, 4) is 0 Å². The standard InChI is InChI=1S/C10H18N2O3/c1-4-15-10(13)9-5-12(7-11-9)8(2)6-14-3/h5,7-8,10,13H,4,6H2,1-3H3/t8-,10?/m0/s1. The Bertz CT molecular complexity index is 261. The van der Waals surface area contributed by atoms with Gasteiger partial charge in [-0.05, 0) is 13.8 Å². The second kappa shape index (κ2) is 5.85. The van der Waals surface area contributed by atoms with Crippen LogP contribution in [0.2, 0.25) is 0 Å². The molecule has 0 saturated carbocycles. The molecular formula is C10H18N2O3. The highest BCUT2D eigenvalue weighted by Gasteiger charge is 2.12. The molecule has 0 aliphatic carbocycles. The SMILES string of the molecule is CCOC(O)c1cn([C@@H](C)COC)cn1.